The Balaban J connectivity index is 2.89. The number of hydrogen-bond acceptors (Lipinski definition) is 5. The molecule has 1 aromatic carbocycles. The van der Waals surface area contributed by atoms with E-state index in [-0.39, 0.29) is 28.6 Å². The largest absolute Gasteiger partial charge is 0.508 e. The van der Waals surface area contributed by atoms with E-state index in [9.17, 15) is 15.0 Å². The van der Waals surface area contributed by atoms with Crippen LogP contribution in [-0.2, 0) is 11.2 Å². The Labute approximate surface area is 97.0 Å². The lowest BCUT2D eigenvalue weighted by molar-refractivity contribution is -0.126. The SMILES string of the molecule is NC(=S)N(N)C(=O)Cc1c(O)cccc1O. The lowest BCUT2D eigenvalue weighted by Crippen LogP contribution is -2.46. The zero-order chi connectivity index (χ0) is 12.3. The van der Waals surface area contributed by atoms with Crippen LogP contribution in [-0.4, -0.2) is 26.2 Å². The summed E-state index contributed by atoms with van der Waals surface area (Å²) in [6.45, 7) is 0. The number of rotatable bonds is 2. The number of aromatic hydroxyl groups is 2. The minimum Gasteiger partial charge on any atom is -0.508 e. The van der Waals surface area contributed by atoms with Crippen molar-refractivity contribution in [2.75, 3.05) is 0 Å². The first-order valence-electron chi connectivity index (χ1n) is 4.30. The molecule has 1 amide bonds. The number of carbonyl (C=O) groups excluding carboxylic acids is 1. The maximum Gasteiger partial charge on any atom is 0.247 e. The van der Waals surface area contributed by atoms with Gasteiger partial charge in [-0.05, 0) is 24.4 Å². The van der Waals surface area contributed by atoms with Crippen molar-refractivity contribution in [1.82, 2.24) is 5.01 Å². The summed E-state index contributed by atoms with van der Waals surface area (Å²) < 4.78 is 0. The molecule has 0 spiro atoms. The zero-order valence-electron chi connectivity index (χ0n) is 8.25. The Morgan fingerprint density at radius 3 is 2.31 bits per heavy atom. The summed E-state index contributed by atoms with van der Waals surface area (Å²) in [5, 5.41) is 19.2. The van der Waals surface area contributed by atoms with Crippen LogP contribution in [0.25, 0.3) is 0 Å². The van der Waals surface area contributed by atoms with E-state index in [1.807, 2.05) is 0 Å². The molecular formula is C9H11N3O3S. The van der Waals surface area contributed by atoms with Crippen LogP contribution in [0.15, 0.2) is 18.2 Å². The standard InChI is InChI=1S/C9H11N3O3S/c10-9(16)12(11)8(15)4-5-6(13)2-1-3-7(5)14/h1-3,13-14H,4,11H2,(H2,10,16). The van der Waals surface area contributed by atoms with Crippen LogP contribution in [0, 0.1) is 0 Å². The molecule has 0 heterocycles. The number of hydrazine groups is 1. The van der Waals surface area contributed by atoms with Gasteiger partial charge in [-0.2, -0.15) is 0 Å². The van der Waals surface area contributed by atoms with Gasteiger partial charge in [-0.3, -0.25) is 4.79 Å². The fraction of sp³-hybridized carbons (Fsp3) is 0.111. The van der Waals surface area contributed by atoms with E-state index in [4.69, 9.17) is 11.6 Å². The summed E-state index contributed by atoms with van der Waals surface area (Å²) in [5.41, 5.74) is 5.24. The minimum atomic E-state index is -0.621. The van der Waals surface area contributed by atoms with Gasteiger partial charge in [0, 0.05) is 5.56 Å². The monoisotopic (exact) mass is 241 g/mol. The van der Waals surface area contributed by atoms with Crippen LogP contribution >= 0.6 is 12.2 Å². The lowest BCUT2D eigenvalue weighted by Gasteiger charge is -2.14. The third-order valence-electron chi connectivity index (χ3n) is 1.96. The van der Waals surface area contributed by atoms with Gasteiger partial charge in [0.2, 0.25) is 5.91 Å². The van der Waals surface area contributed by atoms with Gasteiger partial charge in [0.05, 0.1) is 6.42 Å². The first kappa shape index (κ1) is 12.2. The highest BCUT2D eigenvalue weighted by molar-refractivity contribution is 7.80. The first-order valence-corrected chi connectivity index (χ1v) is 4.71. The van der Waals surface area contributed by atoms with E-state index in [1.165, 1.54) is 18.2 Å². The molecule has 1 aromatic rings. The average Bonchev–Trinajstić information content (AvgIpc) is 2.22. The summed E-state index contributed by atoms with van der Waals surface area (Å²) >= 11 is 4.51. The normalized spacial score (nSPS) is 9.81. The van der Waals surface area contributed by atoms with Crippen LogP contribution in [0.2, 0.25) is 0 Å². The third-order valence-corrected chi connectivity index (χ3v) is 2.16. The number of phenols is 2. The average molecular weight is 241 g/mol. The van der Waals surface area contributed by atoms with E-state index in [1.54, 1.807) is 0 Å². The number of carbonyl (C=O) groups is 1. The van der Waals surface area contributed by atoms with Gasteiger partial charge < -0.3 is 15.9 Å². The highest BCUT2D eigenvalue weighted by atomic mass is 32.1. The van der Waals surface area contributed by atoms with Crippen LogP contribution < -0.4 is 11.6 Å². The van der Waals surface area contributed by atoms with Crippen LogP contribution in [0.4, 0.5) is 0 Å². The second-order valence-electron chi connectivity index (χ2n) is 3.05. The first-order chi connectivity index (χ1) is 7.43. The molecule has 0 aliphatic carbocycles. The quantitative estimate of drug-likeness (QED) is 0.242. The summed E-state index contributed by atoms with van der Waals surface area (Å²) in [6.07, 6.45) is -0.285. The molecule has 0 aliphatic rings. The molecule has 1 rings (SSSR count). The predicted molar refractivity (Wildman–Crippen MR) is 61.3 cm³/mol. The fourth-order valence-electron chi connectivity index (χ4n) is 1.10. The molecule has 16 heavy (non-hydrogen) atoms. The highest BCUT2D eigenvalue weighted by Crippen LogP contribution is 2.26. The third kappa shape index (κ3) is 2.59. The molecule has 0 fully saturated rings. The van der Waals surface area contributed by atoms with E-state index < -0.39 is 5.91 Å². The number of amides is 1. The van der Waals surface area contributed by atoms with Crippen molar-refractivity contribution in [3.63, 3.8) is 0 Å². The molecule has 0 saturated carbocycles. The Bertz CT molecular complexity index is 416. The fourth-order valence-corrected chi connectivity index (χ4v) is 1.21. The van der Waals surface area contributed by atoms with Gasteiger partial charge in [0.15, 0.2) is 5.11 Å². The van der Waals surface area contributed by atoms with Gasteiger partial charge in [0.1, 0.15) is 11.5 Å². The number of nitrogens with two attached hydrogens (primary N) is 2. The van der Waals surface area contributed by atoms with E-state index in [0.717, 1.165) is 0 Å². The molecule has 6 nitrogen and oxygen atoms in total. The molecular weight excluding hydrogens is 230 g/mol. The Hall–Kier alpha value is -1.86. The topological polar surface area (TPSA) is 113 Å². The number of hydrogen-bond donors (Lipinski definition) is 4. The van der Waals surface area contributed by atoms with Crippen molar-refractivity contribution in [1.29, 1.82) is 0 Å². The highest BCUT2D eigenvalue weighted by Gasteiger charge is 2.17. The molecule has 0 aliphatic heterocycles. The van der Waals surface area contributed by atoms with Gasteiger partial charge >= 0.3 is 0 Å². The Morgan fingerprint density at radius 1 is 1.38 bits per heavy atom. The van der Waals surface area contributed by atoms with E-state index in [2.05, 4.69) is 12.2 Å². The smallest absolute Gasteiger partial charge is 0.247 e. The van der Waals surface area contributed by atoms with Crippen molar-refractivity contribution in [2.24, 2.45) is 11.6 Å². The minimum absolute atomic E-state index is 0.0826. The number of phenolic OH excluding ortho intramolecular Hbond substituents is 2. The van der Waals surface area contributed by atoms with Crippen molar-refractivity contribution < 1.29 is 15.0 Å². The summed E-state index contributed by atoms with van der Waals surface area (Å²) in [6, 6.07) is 4.15. The number of thiocarbonyl (C=S) groups is 1. The number of benzene rings is 1. The summed E-state index contributed by atoms with van der Waals surface area (Å²) in [4.78, 5) is 11.5. The van der Waals surface area contributed by atoms with Gasteiger partial charge in [-0.15, -0.1) is 0 Å². The van der Waals surface area contributed by atoms with Crippen molar-refractivity contribution in [3.05, 3.63) is 23.8 Å². The molecule has 86 valence electrons. The molecule has 0 saturated heterocycles. The van der Waals surface area contributed by atoms with Crippen LogP contribution in [0.3, 0.4) is 0 Å². The molecule has 7 heteroatoms. The van der Waals surface area contributed by atoms with Crippen molar-refractivity contribution in [2.45, 2.75) is 6.42 Å². The number of nitrogens with zero attached hydrogens (tertiary/aromatic N) is 1. The molecule has 0 radical (unpaired) electrons. The Kier molecular flexibility index (Phi) is 3.64. The Morgan fingerprint density at radius 2 is 1.88 bits per heavy atom. The second-order valence-corrected chi connectivity index (χ2v) is 3.47. The van der Waals surface area contributed by atoms with Crippen molar-refractivity contribution >= 4 is 23.2 Å². The predicted octanol–water partition coefficient (Wildman–Crippen LogP) is -0.414. The van der Waals surface area contributed by atoms with E-state index in [0.29, 0.717) is 5.01 Å². The van der Waals surface area contributed by atoms with Gasteiger partial charge in [-0.25, -0.2) is 10.9 Å². The maximum absolute atomic E-state index is 11.5. The molecule has 6 N–H and O–H groups in total. The zero-order valence-corrected chi connectivity index (χ0v) is 9.07. The molecule has 0 aromatic heterocycles. The summed E-state index contributed by atoms with van der Waals surface area (Å²) in [7, 11) is 0. The van der Waals surface area contributed by atoms with Gasteiger partial charge in [0.25, 0.3) is 0 Å². The maximum atomic E-state index is 11.5. The van der Waals surface area contributed by atoms with Crippen molar-refractivity contribution in [3.8, 4) is 11.5 Å². The molecule has 0 atom stereocenters. The van der Waals surface area contributed by atoms with Crippen LogP contribution in [0.1, 0.15) is 5.56 Å². The van der Waals surface area contributed by atoms with Gasteiger partial charge in [-0.1, -0.05) is 6.07 Å². The lowest BCUT2D eigenvalue weighted by atomic mass is 10.1. The molecule has 0 unspecified atom stereocenters. The van der Waals surface area contributed by atoms with Crippen LogP contribution in [0.5, 0.6) is 11.5 Å². The second kappa shape index (κ2) is 4.77. The molecule has 0 bridgehead atoms. The summed E-state index contributed by atoms with van der Waals surface area (Å²) in [5.74, 6) is 4.26. The van der Waals surface area contributed by atoms with E-state index >= 15 is 0 Å².